The van der Waals surface area contributed by atoms with Crippen LogP contribution >= 0.6 is 11.8 Å². The number of hydrogen-bond donors (Lipinski definition) is 0. The van der Waals surface area contributed by atoms with E-state index in [1.165, 1.54) is 12.8 Å². The van der Waals surface area contributed by atoms with Crippen LogP contribution in [0, 0.1) is 5.92 Å². The lowest BCUT2D eigenvalue weighted by atomic mass is 10.00. The van der Waals surface area contributed by atoms with E-state index in [4.69, 9.17) is 14.0 Å². The molecule has 176 valence electrons. The number of ether oxygens (including phenoxy) is 2. The van der Waals surface area contributed by atoms with Crippen molar-refractivity contribution in [3.05, 3.63) is 36.1 Å². The molecular weight excluding hydrogens is 438 g/mol. The molecule has 0 N–H and O–H groups in total. The van der Waals surface area contributed by atoms with Crippen molar-refractivity contribution >= 4 is 17.7 Å². The van der Waals surface area contributed by atoms with Crippen LogP contribution in [0.4, 0.5) is 5.95 Å². The van der Waals surface area contributed by atoms with Crippen LogP contribution < -0.4 is 9.64 Å². The molecule has 4 heterocycles. The molecular formula is C24H31N5O3S. The maximum atomic E-state index is 5.93. The summed E-state index contributed by atoms with van der Waals surface area (Å²) in [5, 5.41) is 14.3. The Kier molecular flexibility index (Phi) is 6.87. The molecule has 2 fully saturated rings. The minimum Gasteiger partial charge on any atom is -0.496 e. The summed E-state index contributed by atoms with van der Waals surface area (Å²) in [6.07, 6.45) is 4.82. The van der Waals surface area contributed by atoms with Crippen LogP contribution in [0.15, 0.2) is 40.0 Å². The molecule has 2 saturated heterocycles. The van der Waals surface area contributed by atoms with Gasteiger partial charge in [0, 0.05) is 31.3 Å². The van der Waals surface area contributed by atoms with Gasteiger partial charge in [0.25, 0.3) is 0 Å². The summed E-state index contributed by atoms with van der Waals surface area (Å²) in [4.78, 5) is 2.38. The van der Waals surface area contributed by atoms with Crippen molar-refractivity contribution in [2.45, 2.75) is 56.2 Å². The van der Waals surface area contributed by atoms with Crippen LogP contribution in [0.5, 0.6) is 5.75 Å². The van der Waals surface area contributed by atoms with Gasteiger partial charge < -0.3 is 18.9 Å². The molecule has 33 heavy (non-hydrogen) atoms. The van der Waals surface area contributed by atoms with E-state index in [0.29, 0.717) is 5.75 Å². The normalized spacial score (nSPS) is 19.3. The minimum absolute atomic E-state index is 0.227. The van der Waals surface area contributed by atoms with E-state index in [1.807, 2.05) is 30.3 Å². The number of piperidine rings is 1. The Hall–Kier alpha value is -2.52. The summed E-state index contributed by atoms with van der Waals surface area (Å²) >= 11 is 1.63. The molecule has 0 saturated carbocycles. The molecule has 2 aliphatic rings. The maximum absolute atomic E-state index is 5.93. The SMILES string of the molecule is COc1ccccc1-c1cc(CSc2nnc(N3CCC(C)CC3)n2C[C@@H]2CCCO2)on1. The van der Waals surface area contributed by atoms with E-state index in [2.05, 4.69) is 31.7 Å². The van der Waals surface area contributed by atoms with Gasteiger partial charge in [-0.15, -0.1) is 10.2 Å². The largest absolute Gasteiger partial charge is 0.496 e. The summed E-state index contributed by atoms with van der Waals surface area (Å²) in [6.45, 7) is 6.02. The zero-order valence-electron chi connectivity index (χ0n) is 19.3. The second-order valence-corrected chi connectivity index (χ2v) is 9.81. The first-order chi connectivity index (χ1) is 16.2. The Bertz CT molecular complexity index is 1050. The molecule has 0 bridgehead atoms. The van der Waals surface area contributed by atoms with Crippen LogP contribution in [-0.2, 0) is 17.0 Å². The Balaban J connectivity index is 1.32. The van der Waals surface area contributed by atoms with Gasteiger partial charge in [0.15, 0.2) is 5.16 Å². The molecule has 1 atom stereocenters. The molecule has 2 aliphatic heterocycles. The molecule has 0 spiro atoms. The predicted octanol–water partition coefficient (Wildman–Crippen LogP) is 4.65. The molecule has 0 unspecified atom stereocenters. The van der Waals surface area contributed by atoms with E-state index in [9.17, 15) is 0 Å². The molecule has 0 aliphatic carbocycles. The first kappa shape index (κ1) is 22.3. The van der Waals surface area contributed by atoms with Crippen LogP contribution in [0.3, 0.4) is 0 Å². The van der Waals surface area contributed by atoms with Crippen molar-refractivity contribution in [2.75, 3.05) is 31.7 Å². The number of para-hydroxylation sites is 1. The number of anilines is 1. The van der Waals surface area contributed by atoms with Gasteiger partial charge in [-0.1, -0.05) is 36.0 Å². The highest BCUT2D eigenvalue weighted by molar-refractivity contribution is 7.98. The standard InChI is InChI=1S/C24H31N5O3S/c1-17-9-11-28(12-10-17)23-25-26-24(29(23)15-18-6-5-13-31-18)33-16-19-14-21(27-32-19)20-7-3-4-8-22(20)30-2/h3-4,7-8,14,17-18H,5-6,9-13,15-16H2,1-2H3/t18-/m0/s1. The fourth-order valence-electron chi connectivity index (χ4n) is 4.48. The number of aromatic nitrogens is 4. The molecule has 2 aromatic heterocycles. The van der Waals surface area contributed by atoms with E-state index >= 15 is 0 Å². The maximum Gasteiger partial charge on any atom is 0.228 e. The third kappa shape index (κ3) is 5.04. The van der Waals surface area contributed by atoms with E-state index in [0.717, 1.165) is 78.9 Å². The Morgan fingerprint density at radius 2 is 2.00 bits per heavy atom. The van der Waals surface area contributed by atoms with Crippen LogP contribution in [-0.4, -0.2) is 52.8 Å². The smallest absolute Gasteiger partial charge is 0.228 e. The number of hydrogen-bond acceptors (Lipinski definition) is 8. The number of rotatable bonds is 8. The fraction of sp³-hybridized carbons (Fsp3) is 0.542. The van der Waals surface area contributed by atoms with Crippen molar-refractivity contribution in [2.24, 2.45) is 5.92 Å². The first-order valence-electron chi connectivity index (χ1n) is 11.7. The van der Waals surface area contributed by atoms with Crippen LogP contribution in [0.2, 0.25) is 0 Å². The highest BCUT2D eigenvalue weighted by Crippen LogP contribution is 2.32. The van der Waals surface area contributed by atoms with Gasteiger partial charge in [-0.3, -0.25) is 4.57 Å². The van der Waals surface area contributed by atoms with E-state index in [1.54, 1.807) is 18.9 Å². The average molecular weight is 470 g/mol. The zero-order valence-corrected chi connectivity index (χ0v) is 20.1. The van der Waals surface area contributed by atoms with Crippen LogP contribution in [0.25, 0.3) is 11.3 Å². The number of nitrogens with zero attached hydrogens (tertiary/aromatic N) is 5. The molecule has 8 nitrogen and oxygen atoms in total. The van der Waals surface area contributed by atoms with Crippen molar-refractivity contribution in [1.82, 2.24) is 19.9 Å². The topological polar surface area (TPSA) is 78.4 Å². The van der Waals surface area contributed by atoms with Gasteiger partial charge >= 0.3 is 0 Å². The number of thioether (sulfide) groups is 1. The molecule has 0 amide bonds. The molecule has 5 rings (SSSR count). The fourth-order valence-corrected chi connectivity index (χ4v) is 5.30. The predicted molar refractivity (Wildman–Crippen MR) is 128 cm³/mol. The third-order valence-corrected chi connectivity index (χ3v) is 7.45. The van der Waals surface area contributed by atoms with Crippen LogP contribution in [0.1, 0.15) is 38.4 Å². The Labute approximate surface area is 198 Å². The molecule has 0 radical (unpaired) electrons. The van der Waals surface area contributed by atoms with E-state index < -0.39 is 0 Å². The lowest BCUT2D eigenvalue weighted by Crippen LogP contribution is -2.35. The van der Waals surface area contributed by atoms with Gasteiger partial charge in [-0.05, 0) is 43.7 Å². The summed E-state index contributed by atoms with van der Waals surface area (Å²) in [7, 11) is 1.66. The van der Waals surface area contributed by atoms with Crippen molar-refractivity contribution < 1.29 is 14.0 Å². The average Bonchev–Trinajstić information content (AvgIpc) is 3.60. The monoisotopic (exact) mass is 469 g/mol. The van der Waals surface area contributed by atoms with E-state index in [-0.39, 0.29) is 6.10 Å². The lowest BCUT2D eigenvalue weighted by Gasteiger charge is -2.31. The third-order valence-electron chi connectivity index (χ3n) is 6.46. The Morgan fingerprint density at radius 3 is 2.79 bits per heavy atom. The van der Waals surface area contributed by atoms with Gasteiger partial charge in [0.1, 0.15) is 17.2 Å². The summed E-state index contributed by atoms with van der Waals surface area (Å²) in [6, 6.07) is 9.79. The van der Waals surface area contributed by atoms with Crippen molar-refractivity contribution in [3.63, 3.8) is 0 Å². The lowest BCUT2D eigenvalue weighted by molar-refractivity contribution is 0.0951. The van der Waals surface area contributed by atoms with Crippen molar-refractivity contribution in [1.29, 1.82) is 0 Å². The molecule has 3 aromatic rings. The summed E-state index contributed by atoms with van der Waals surface area (Å²) in [5.74, 6) is 3.94. The highest BCUT2D eigenvalue weighted by atomic mass is 32.2. The first-order valence-corrected chi connectivity index (χ1v) is 12.7. The Morgan fingerprint density at radius 1 is 1.15 bits per heavy atom. The van der Waals surface area contributed by atoms with Gasteiger partial charge in [-0.25, -0.2) is 0 Å². The van der Waals surface area contributed by atoms with Gasteiger partial charge in [0.2, 0.25) is 5.95 Å². The minimum atomic E-state index is 0.227. The number of benzene rings is 1. The second kappa shape index (κ2) is 10.2. The number of methoxy groups -OCH3 is 1. The second-order valence-electron chi connectivity index (χ2n) is 8.87. The highest BCUT2D eigenvalue weighted by Gasteiger charge is 2.26. The summed E-state index contributed by atoms with van der Waals surface area (Å²) < 4.78 is 19.3. The molecule has 1 aromatic carbocycles. The quantitative estimate of drug-likeness (QED) is 0.441. The summed E-state index contributed by atoms with van der Waals surface area (Å²) in [5.41, 5.74) is 1.69. The van der Waals surface area contributed by atoms with Gasteiger partial charge in [0.05, 0.1) is 25.5 Å². The molecule has 9 heteroatoms. The zero-order chi connectivity index (χ0) is 22.6. The van der Waals surface area contributed by atoms with Crippen molar-refractivity contribution in [3.8, 4) is 17.0 Å². The van der Waals surface area contributed by atoms with Gasteiger partial charge in [-0.2, -0.15) is 0 Å².